The Kier molecular flexibility index (Phi) is 3.05. The van der Waals surface area contributed by atoms with Crippen LogP contribution in [0.1, 0.15) is 0 Å². The molecule has 0 aliphatic carbocycles. The fourth-order valence-electron chi connectivity index (χ4n) is 0.829. The normalized spacial score (nSPS) is 10.4. The molecule has 0 aliphatic heterocycles. The number of nitrogens with two attached hydrogens (primary N) is 1. The van der Waals surface area contributed by atoms with Gasteiger partial charge in [0.15, 0.2) is 4.34 Å². The SMILES string of the molecule is Nc1cnc(Sc2ccc(Br)cn2)s1. The number of hydrogen-bond donors (Lipinski definition) is 1. The van der Waals surface area contributed by atoms with Crippen molar-refractivity contribution >= 4 is 44.0 Å². The molecule has 0 bridgehead atoms. The van der Waals surface area contributed by atoms with E-state index < -0.39 is 0 Å². The lowest BCUT2D eigenvalue weighted by atomic mass is 10.5. The van der Waals surface area contributed by atoms with Crippen LogP contribution in [0, 0.1) is 0 Å². The molecule has 0 saturated carbocycles. The van der Waals surface area contributed by atoms with Gasteiger partial charge in [-0.3, -0.25) is 0 Å². The van der Waals surface area contributed by atoms with Gasteiger partial charge in [0.2, 0.25) is 0 Å². The van der Waals surface area contributed by atoms with Gasteiger partial charge in [-0.2, -0.15) is 0 Å². The van der Waals surface area contributed by atoms with Crippen molar-refractivity contribution in [2.24, 2.45) is 0 Å². The third-order valence-corrected chi connectivity index (χ3v) is 3.72. The average molecular weight is 288 g/mol. The number of anilines is 1. The van der Waals surface area contributed by atoms with Crippen LogP contribution >= 0.6 is 39.0 Å². The number of hydrogen-bond acceptors (Lipinski definition) is 5. The predicted molar refractivity (Wildman–Crippen MR) is 62.6 cm³/mol. The first-order valence-corrected chi connectivity index (χ1v) is 6.17. The summed E-state index contributed by atoms with van der Waals surface area (Å²) in [6.07, 6.45) is 3.42. The monoisotopic (exact) mass is 287 g/mol. The maximum Gasteiger partial charge on any atom is 0.158 e. The van der Waals surface area contributed by atoms with Crippen LogP contribution in [-0.4, -0.2) is 9.97 Å². The molecule has 0 fully saturated rings. The molecular weight excluding hydrogens is 282 g/mol. The lowest BCUT2D eigenvalue weighted by Gasteiger charge is -1.95. The molecule has 2 rings (SSSR count). The zero-order chi connectivity index (χ0) is 9.97. The lowest BCUT2D eigenvalue weighted by Crippen LogP contribution is -1.77. The second-order valence-electron chi connectivity index (χ2n) is 2.45. The van der Waals surface area contributed by atoms with Crippen molar-refractivity contribution < 1.29 is 0 Å². The third kappa shape index (κ3) is 2.46. The van der Waals surface area contributed by atoms with Crippen LogP contribution in [0.25, 0.3) is 0 Å². The van der Waals surface area contributed by atoms with E-state index in [0.29, 0.717) is 0 Å². The Labute approximate surface area is 97.9 Å². The summed E-state index contributed by atoms with van der Waals surface area (Å²) in [5.74, 6) is 0. The van der Waals surface area contributed by atoms with Crippen molar-refractivity contribution in [3.63, 3.8) is 0 Å². The molecule has 0 spiro atoms. The van der Waals surface area contributed by atoms with Crippen LogP contribution in [0.15, 0.2) is 38.4 Å². The number of thiazole rings is 1. The molecule has 0 aromatic carbocycles. The molecule has 2 aromatic rings. The summed E-state index contributed by atoms with van der Waals surface area (Å²) in [4.78, 5) is 8.36. The van der Waals surface area contributed by atoms with Crippen molar-refractivity contribution in [2.75, 3.05) is 5.73 Å². The van der Waals surface area contributed by atoms with Gasteiger partial charge in [0, 0.05) is 10.7 Å². The molecule has 2 aromatic heterocycles. The molecule has 0 aliphatic rings. The average Bonchev–Trinajstić information content (AvgIpc) is 2.56. The molecule has 14 heavy (non-hydrogen) atoms. The van der Waals surface area contributed by atoms with Crippen molar-refractivity contribution in [1.29, 1.82) is 0 Å². The Bertz CT molecular complexity index is 426. The first kappa shape index (κ1) is 9.95. The summed E-state index contributed by atoms with van der Waals surface area (Å²) in [6, 6.07) is 3.89. The van der Waals surface area contributed by atoms with E-state index >= 15 is 0 Å². The first-order chi connectivity index (χ1) is 6.74. The van der Waals surface area contributed by atoms with Crippen LogP contribution in [0.4, 0.5) is 5.00 Å². The van der Waals surface area contributed by atoms with Crippen molar-refractivity contribution in [2.45, 2.75) is 9.37 Å². The summed E-state index contributed by atoms with van der Waals surface area (Å²) >= 11 is 6.31. The second kappa shape index (κ2) is 4.29. The number of halogens is 1. The number of nitrogens with zero attached hydrogens (tertiary/aromatic N) is 2. The minimum Gasteiger partial charge on any atom is -0.389 e. The zero-order valence-electron chi connectivity index (χ0n) is 6.98. The summed E-state index contributed by atoms with van der Waals surface area (Å²) < 4.78 is 1.89. The summed E-state index contributed by atoms with van der Waals surface area (Å²) in [6.45, 7) is 0. The maximum atomic E-state index is 5.57. The van der Waals surface area contributed by atoms with Crippen LogP contribution in [0.2, 0.25) is 0 Å². The van der Waals surface area contributed by atoms with Crippen LogP contribution in [0.5, 0.6) is 0 Å². The molecule has 72 valence electrons. The van der Waals surface area contributed by atoms with Gasteiger partial charge in [0.05, 0.1) is 6.20 Å². The van der Waals surface area contributed by atoms with E-state index in [9.17, 15) is 0 Å². The van der Waals surface area contributed by atoms with Gasteiger partial charge in [-0.05, 0) is 39.8 Å². The number of pyridine rings is 1. The second-order valence-corrected chi connectivity index (χ2v) is 5.69. The van der Waals surface area contributed by atoms with E-state index in [1.807, 2.05) is 12.1 Å². The standard InChI is InChI=1S/C8H6BrN3S2/c9-5-1-2-7(11-3-5)14-8-12-4-6(10)13-8/h1-4H,10H2. The third-order valence-electron chi connectivity index (χ3n) is 1.39. The highest BCUT2D eigenvalue weighted by Gasteiger charge is 2.02. The number of aromatic nitrogens is 2. The van der Waals surface area contributed by atoms with Gasteiger partial charge in [-0.25, -0.2) is 9.97 Å². The van der Waals surface area contributed by atoms with Crippen LogP contribution < -0.4 is 5.73 Å². The molecule has 0 saturated heterocycles. The lowest BCUT2D eigenvalue weighted by molar-refractivity contribution is 1.12. The smallest absolute Gasteiger partial charge is 0.158 e. The molecule has 0 radical (unpaired) electrons. The quantitative estimate of drug-likeness (QED) is 0.922. The summed E-state index contributed by atoms with van der Waals surface area (Å²) in [5, 5.41) is 1.65. The van der Waals surface area contributed by atoms with Crippen LogP contribution in [0.3, 0.4) is 0 Å². The van der Waals surface area contributed by atoms with E-state index in [1.165, 1.54) is 23.1 Å². The van der Waals surface area contributed by atoms with Gasteiger partial charge in [-0.1, -0.05) is 11.3 Å². The minimum absolute atomic E-state index is 0.726. The van der Waals surface area contributed by atoms with E-state index in [1.54, 1.807) is 12.4 Å². The Morgan fingerprint density at radius 1 is 1.29 bits per heavy atom. The largest absolute Gasteiger partial charge is 0.389 e. The highest BCUT2D eigenvalue weighted by Crippen LogP contribution is 2.30. The van der Waals surface area contributed by atoms with Gasteiger partial charge in [0.1, 0.15) is 10.0 Å². The summed E-state index contributed by atoms with van der Waals surface area (Å²) in [7, 11) is 0. The van der Waals surface area contributed by atoms with Gasteiger partial charge >= 0.3 is 0 Å². The molecule has 2 heterocycles. The van der Waals surface area contributed by atoms with Gasteiger partial charge < -0.3 is 5.73 Å². The predicted octanol–water partition coefficient (Wildman–Crippen LogP) is 3.03. The fraction of sp³-hybridized carbons (Fsp3) is 0. The number of rotatable bonds is 2. The van der Waals surface area contributed by atoms with E-state index in [-0.39, 0.29) is 0 Å². The zero-order valence-corrected chi connectivity index (χ0v) is 10.2. The number of nitrogen functional groups attached to an aromatic ring is 1. The molecule has 0 amide bonds. The van der Waals surface area contributed by atoms with E-state index in [0.717, 1.165) is 18.8 Å². The highest BCUT2D eigenvalue weighted by molar-refractivity contribution is 9.10. The van der Waals surface area contributed by atoms with Gasteiger partial charge in [0.25, 0.3) is 0 Å². The van der Waals surface area contributed by atoms with Crippen LogP contribution in [-0.2, 0) is 0 Å². The fourth-order valence-corrected chi connectivity index (χ4v) is 2.71. The van der Waals surface area contributed by atoms with Crippen molar-refractivity contribution in [3.8, 4) is 0 Å². The molecule has 3 nitrogen and oxygen atoms in total. The summed E-state index contributed by atoms with van der Waals surface area (Å²) in [5.41, 5.74) is 5.57. The first-order valence-electron chi connectivity index (χ1n) is 3.75. The minimum atomic E-state index is 0.726. The van der Waals surface area contributed by atoms with E-state index in [2.05, 4.69) is 25.9 Å². The topological polar surface area (TPSA) is 51.8 Å². The Balaban J connectivity index is 2.15. The van der Waals surface area contributed by atoms with Gasteiger partial charge in [-0.15, -0.1) is 0 Å². The Morgan fingerprint density at radius 3 is 2.71 bits per heavy atom. The Hall–Kier alpha value is -0.590. The highest BCUT2D eigenvalue weighted by atomic mass is 79.9. The molecule has 2 N–H and O–H groups in total. The van der Waals surface area contributed by atoms with Crippen molar-refractivity contribution in [3.05, 3.63) is 29.0 Å². The molecule has 6 heteroatoms. The molecule has 0 atom stereocenters. The maximum absolute atomic E-state index is 5.57. The Morgan fingerprint density at radius 2 is 2.14 bits per heavy atom. The molecule has 0 unspecified atom stereocenters. The van der Waals surface area contributed by atoms with E-state index in [4.69, 9.17) is 5.73 Å². The molecular formula is C8H6BrN3S2. The van der Waals surface area contributed by atoms with Crippen molar-refractivity contribution in [1.82, 2.24) is 9.97 Å².